The molecule has 0 fully saturated rings. The summed E-state index contributed by atoms with van der Waals surface area (Å²) >= 11 is 0. The predicted molar refractivity (Wildman–Crippen MR) is 87.9 cm³/mol. The Kier molecular flexibility index (Phi) is 3.82. The van der Waals surface area contributed by atoms with Crippen molar-refractivity contribution in [2.75, 3.05) is 6.54 Å². The fourth-order valence-electron chi connectivity index (χ4n) is 3.61. The number of carbonyl (C=O) groups is 1. The van der Waals surface area contributed by atoms with Gasteiger partial charge in [-0.1, -0.05) is 6.08 Å². The van der Waals surface area contributed by atoms with Gasteiger partial charge in [0.15, 0.2) is 0 Å². The Bertz CT molecular complexity index is 708. The molecular formula is C16H21BF2N3O-. The van der Waals surface area contributed by atoms with Crippen molar-refractivity contribution < 1.29 is 13.4 Å². The van der Waals surface area contributed by atoms with Crippen molar-refractivity contribution in [3.05, 3.63) is 40.9 Å². The van der Waals surface area contributed by atoms with E-state index in [9.17, 15) is 4.79 Å². The summed E-state index contributed by atoms with van der Waals surface area (Å²) in [5, 5.41) is 2.71. The zero-order chi connectivity index (χ0) is 16.8. The number of halogens is 2. The second-order valence-electron chi connectivity index (χ2n) is 6.21. The number of amides is 1. The van der Waals surface area contributed by atoms with Crippen LogP contribution in [0.15, 0.2) is 23.9 Å². The number of aryl methyl sites for hydroxylation is 2. The molecule has 0 aliphatic carbocycles. The molecule has 124 valence electrons. The molecule has 23 heavy (non-hydrogen) atoms. The molecule has 7 heteroatoms. The monoisotopic (exact) mass is 320 g/mol. The van der Waals surface area contributed by atoms with Gasteiger partial charge in [0.1, 0.15) is 0 Å². The van der Waals surface area contributed by atoms with Gasteiger partial charge in [-0.05, 0) is 56.7 Å². The minimum atomic E-state index is -3.90. The van der Waals surface area contributed by atoms with Gasteiger partial charge in [0.25, 0.3) is 0 Å². The summed E-state index contributed by atoms with van der Waals surface area (Å²) in [6, 6.07) is 1.34. The molecule has 1 amide bonds. The molecule has 0 bridgehead atoms. The lowest BCUT2D eigenvalue weighted by atomic mass is 9.86. The van der Waals surface area contributed by atoms with E-state index in [1.54, 1.807) is 25.1 Å². The molecule has 0 saturated carbocycles. The summed E-state index contributed by atoms with van der Waals surface area (Å²) in [4.78, 5) is 12.8. The second kappa shape index (κ2) is 5.55. The molecule has 2 aliphatic rings. The molecule has 3 heterocycles. The third-order valence-corrected chi connectivity index (χ3v) is 4.58. The van der Waals surface area contributed by atoms with Gasteiger partial charge in [0, 0.05) is 30.4 Å². The highest BCUT2D eigenvalue weighted by Gasteiger charge is 2.45. The molecule has 2 aliphatic heterocycles. The Labute approximate surface area is 134 Å². The normalized spacial score (nSPS) is 21.0. The summed E-state index contributed by atoms with van der Waals surface area (Å²) < 4.78 is 31.4. The molecule has 0 spiro atoms. The van der Waals surface area contributed by atoms with Gasteiger partial charge in [-0.25, -0.2) is 0 Å². The number of allylic oxidation sites excluding steroid dienone is 1. The fourth-order valence-corrected chi connectivity index (χ4v) is 3.61. The standard InChI is InChI=1S/C16H21BF2N3O/c1-4-20-16(23)8-7-13-5-6-14-10-15-11(2)9-12(3)21(15)17(18,19)22(13)14/h5-6,9-10,13H,4,7-8H2,1-3H3,(H,20,23)/q-1. The third-order valence-electron chi connectivity index (χ3n) is 4.58. The van der Waals surface area contributed by atoms with Crippen LogP contribution >= 0.6 is 0 Å². The number of fused-ring (bicyclic) bond motifs is 2. The van der Waals surface area contributed by atoms with E-state index in [2.05, 4.69) is 5.32 Å². The lowest BCUT2D eigenvalue weighted by Gasteiger charge is -2.47. The first-order valence-corrected chi connectivity index (χ1v) is 8.02. The van der Waals surface area contributed by atoms with Crippen LogP contribution in [0, 0.1) is 13.8 Å². The number of rotatable bonds is 4. The van der Waals surface area contributed by atoms with Crippen molar-refractivity contribution in [2.45, 2.75) is 39.7 Å². The summed E-state index contributed by atoms with van der Waals surface area (Å²) in [5.74, 6) is -0.0974. The van der Waals surface area contributed by atoms with E-state index in [4.69, 9.17) is 0 Å². The summed E-state index contributed by atoms with van der Waals surface area (Å²) in [6.07, 6.45) is 5.95. The predicted octanol–water partition coefficient (Wildman–Crippen LogP) is 2.84. The highest BCUT2D eigenvalue weighted by molar-refractivity contribution is 6.63. The highest BCUT2D eigenvalue weighted by Crippen LogP contribution is 2.39. The first kappa shape index (κ1) is 15.8. The molecule has 3 rings (SSSR count). The number of hydrogen-bond donors (Lipinski definition) is 1. The number of carbonyl (C=O) groups excluding carboxylic acids is 1. The molecule has 1 unspecified atom stereocenters. The number of nitrogens with one attached hydrogen (secondary N) is 1. The van der Waals surface area contributed by atoms with E-state index in [0.717, 1.165) is 10.0 Å². The van der Waals surface area contributed by atoms with E-state index >= 15 is 8.63 Å². The Hall–Kier alpha value is -2.05. The quantitative estimate of drug-likeness (QED) is 0.866. The van der Waals surface area contributed by atoms with Crippen molar-refractivity contribution in [3.8, 4) is 0 Å². The molecule has 1 aromatic rings. The van der Waals surface area contributed by atoms with Crippen molar-refractivity contribution in [1.29, 1.82) is 0 Å². The topological polar surface area (TPSA) is 37.3 Å². The van der Waals surface area contributed by atoms with Gasteiger partial charge >= 0.3 is 6.97 Å². The summed E-state index contributed by atoms with van der Waals surface area (Å²) in [7, 11) is 0. The van der Waals surface area contributed by atoms with E-state index in [1.165, 1.54) is 4.81 Å². The maximum atomic E-state index is 15.1. The molecule has 0 aromatic carbocycles. The smallest absolute Gasteiger partial charge is 0.464 e. The van der Waals surface area contributed by atoms with Crippen LogP contribution in [0.3, 0.4) is 0 Å². The van der Waals surface area contributed by atoms with E-state index < -0.39 is 13.0 Å². The molecule has 1 atom stereocenters. The lowest BCUT2D eigenvalue weighted by molar-refractivity contribution is -0.121. The first-order valence-electron chi connectivity index (χ1n) is 8.02. The van der Waals surface area contributed by atoms with E-state index in [0.29, 0.717) is 30.1 Å². The molecule has 0 radical (unpaired) electrons. The minimum Gasteiger partial charge on any atom is -0.464 e. The van der Waals surface area contributed by atoms with Crippen LogP contribution in [0.25, 0.3) is 6.08 Å². The second-order valence-corrected chi connectivity index (χ2v) is 6.21. The minimum absolute atomic E-state index is 0.0974. The molecule has 1 aromatic heterocycles. The molecular weight excluding hydrogens is 299 g/mol. The first-order chi connectivity index (χ1) is 10.9. The van der Waals surface area contributed by atoms with Crippen molar-refractivity contribution in [3.63, 3.8) is 0 Å². The maximum absolute atomic E-state index is 15.1. The largest absolute Gasteiger partial charge is 0.529 e. The van der Waals surface area contributed by atoms with Crippen LogP contribution in [0.2, 0.25) is 0 Å². The van der Waals surface area contributed by atoms with E-state index in [-0.39, 0.29) is 12.3 Å². The van der Waals surface area contributed by atoms with Gasteiger partial charge in [0.2, 0.25) is 5.91 Å². The zero-order valence-electron chi connectivity index (χ0n) is 13.6. The molecule has 1 N–H and O–H groups in total. The van der Waals surface area contributed by atoms with Crippen LogP contribution in [-0.2, 0) is 4.79 Å². The Morgan fingerprint density at radius 2 is 2.13 bits per heavy atom. The van der Waals surface area contributed by atoms with Gasteiger partial charge < -0.3 is 23.2 Å². The van der Waals surface area contributed by atoms with Crippen LogP contribution in [-0.4, -0.2) is 34.8 Å². The van der Waals surface area contributed by atoms with Gasteiger partial charge in [-0.3, -0.25) is 4.79 Å². The Balaban J connectivity index is 1.88. The highest BCUT2D eigenvalue weighted by atomic mass is 19.2. The molecule has 4 nitrogen and oxygen atoms in total. The van der Waals surface area contributed by atoms with Gasteiger partial charge in [0.05, 0.1) is 0 Å². The zero-order valence-corrected chi connectivity index (χ0v) is 13.6. The van der Waals surface area contributed by atoms with Crippen molar-refractivity contribution in [1.82, 2.24) is 14.6 Å². The Morgan fingerprint density at radius 1 is 1.39 bits per heavy atom. The van der Waals surface area contributed by atoms with Gasteiger partial charge in [-0.2, -0.15) is 0 Å². The number of nitrogens with zero attached hydrogens (tertiary/aromatic N) is 2. The van der Waals surface area contributed by atoms with Gasteiger partial charge in [-0.15, -0.1) is 0 Å². The third kappa shape index (κ3) is 2.48. The van der Waals surface area contributed by atoms with Crippen LogP contribution < -0.4 is 5.32 Å². The Morgan fingerprint density at radius 3 is 2.83 bits per heavy atom. The van der Waals surface area contributed by atoms with Crippen molar-refractivity contribution in [2.24, 2.45) is 0 Å². The SMILES string of the molecule is CCNC(=O)CCC1C=CC2=Cc3c(C)cc(C)n3[B-](F)(F)N21. The summed E-state index contributed by atoms with van der Waals surface area (Å²) in [6.45, 7) is 2.06. The van der Waals surface area contributed by atoms with Crippen LogP contribution in [0.5, 0.6) is 0 Å². The summed E-state index contributed by atoms with van der Waals surface area (Å²) in [5.41, 5.74) is 2.53. The lowest BCUT2D eigenvalue weighted by Crippen LogP contribution is -2.57. The maximum Gasteiger partial charge on any atom is 0.529 e. The fraction of sp³-hybridized carbons (Fsp3) is 0.438. The van der Waals surface area contributed by atoms with Crippen LogP contribution in [0.1, 0.15) is 36.7 Å². The van der Waals surface area contributed by atoms with E-state index in [1.807, 2.05) is 19.9 Å². The number of hydrogen-bond acceptors (Lipinski definition) is 2. The average Bonchev–Trinajstić information content (AvgIpc) is 3.00. The van der Waals surface area contributed by atoms with Crippen molar-refractivity contribution >= 4 is 19.0 Å². The average molecular weight is 320 g/mol. The molecule has 0 saturated heterocycles. The van der Waals surface area contributed by atoms with Crippen LogP contribution in [0.4, 0.5) is 8.63 Å². The number of aromatic nitrogens is 1.